The second-order valence-corrected chi connectivity index (χ2v) is 4.44. The molecule has 0 radical (unpaired) electrons. The number of carbonyl (C=O) groups is 1. The van der Waals surface area contributed by atoms with Crippen molar-refractivity contribution in [2.24, 2.45) is 0 Å². The predicted molar refractivity (Wildman–Crippen MR) is 63.8 cm³/mol. The molecular weight excluding hydrogens is 236 g/mol. The van der Waals surface area contributed by atoms with Crippen molar-refractivity contribution in [1.29, 1.82) is 0 Å². The number of anilines is 1. The Labute approximate surface area is 105 Å². The van der Waals surface area contributed by atoms with Gasteiger partial charge in [0.25, 0.3) is 0 Å². The topological polar surface area (TPSA) is 103 Å². The number of hydrogen-bond acceptors (Lipinski definition) is 6. The van der Waals surface area contributed by atoms with Crippen LogP contribution in [-0.4, -0.2) is 38.8 Å². The van der Waals surface area contributed by atoms with Crippen molar-refractivity contribution in [3.63, 3.8) is 0 Å². The maximum Gasteiger partial charge on any atom is 0.363 e. The van der Waals surface area contributed by atoms with E-state index in [1.807, 2.05) is 0 Å². The van der Waals surface area contributed by atoms with E-state index >= 15 is 0 Å². The molecule has 1 saturated carbocycles. The van der Waals surface area contributed by atoms with Gasteiger partial charge in [0.2, 0.25) is 5.69 Å². The zero-order chi connectivity index (χ0) is 13.0. The summed E-state index contributed by atoms with van der Waals surface area (Å²) in [5.74, 6) is -0.381. The second-order valence-electron chi connectivity index (χ2n) is 4.44. The summed E-state index contributed by atoms with van der Waals surface area (Å²) in [4.78, 5) is 11.9. The number of aromatic nitrogens is 3. The van der Waals surface area contributed by atoms with Crippen molar-refractivity contribution in [2.45, 2.75) is 44.8 Å². The standard InChI is InChI=1S/C11H18N4O3/c12-10-9(13-14-15(10)6-7-16)11(17)18-8-4-2-1-3-5-8/h8,16H,1-7,12H2. The summed E-state index contributed by atoms with van der Waals surface area (Å²) in [7, 11) is 0. The van der Waals surface area contributed by atoms with Gasteiger partial charge in [0.1, 0.15) is 6.10 Å². The van der Waals surface area contributed by atoms with Gasteiger partial charge in [0, 0.05) is 0 Å². The predicted octanol–water partition coefficient (Wildman–Crippen LogP) is 0.342. The highest BCUT2D eigenvalue weighted by atomic mass is 16.5. The molecule has 18 heavy (non-hydrogen) atoms. The molecule has 1 heterocycles. The molecule has 0 saturated heterocycles. The van der Waals surface area contributed by atoms with Gasteiger partial charge in [-0.25, -0.2) is 9.48 Å². The van der Waals surface area contributed by atoms with Crippen molar-refractivity contribution in [3.8, 4) is 0 Å². The third-order valence-corrected chi connectivity index (χ3v) is 3.10. The molecule has 0 bridgehead atoms. The Bertz CT molecular complexity index is 412. The van der Waals surface area contributed by atoms with Crippen molar-refractivity contribution >= 4 is 11.8 Å². The number of nitrogens with two attached hydrogens (primary N) is 1. The van der Waals surface area contributed by atoms with Crippen LogP contribution in [0.15, 0.2) is 0 Å². The van der Waals surface area contributed by atoms with Crippen LogP contribution in [-0.2, 0) is 11.3 Å². The summed E-state index contributed by atoms with van der Waals surface area (Å²) in [6, 6.07) is 0. The lowest BCUT2D eigenvalue weighted by Gasteiger charge is -2.21. The Morgan fingerprint density at radius 1 is 1.44 bits per heavy atom. The molecule has 2 rings (SSSR count). The van der Waals surface area contributed by atoms with Gasteiger partial charge in [-0.05, 0) is 25.7 Å². The number of ether oxygens (including phenoxy) is 1. The quantitative estimate of drug-likeness (QED) is 0.751. The summed E-state index contributed by atoms with van der Waals surface area (Å²) in [6.07, 6.45) is 5.14. The lowest BCUT2D eigenvalue weighted by molar-refractivity contribution is 0.0205. The number of aliphatic hydroxyl groups excluding tert-OH is 1. The molecule has 1 fully saturated rings. The van der Waals surface area contributed by atoms with E-state index in [1.54, 1.807) is 0 Å². The molecule has 0 spiro atoms. The molecule has 0 unspecified atom stereocenters. The van der Waals surface area contributed by atoms with Crippen LogP contribution in [0.25, 0.3) is 0 Å². The first-order valence-electron chi connectivity index (χ1n) is 6.23. The van der Waals surface area contributed by atoms with Crippen molar-refractivity contribution in [1.82, 2.24) is 15.0 Å². The van der Waals surface area contributed by atoms with Crippen LogP contribution in [0.1, 0.15) is 42.6 Å². The first-order chi connectivity index (χ1) is 8.72. The van der Waals surface area contributed by atoms with Gasteiger partial charge < -0.3 is 15.6 Å². The maximum atomic E-state index is 11.9. The van der Waals surface area contributed by atoms with Gasteiger partial charge in [0.15, 0.2) is 5.82 Å². The van der Waals surface area contributed by atoms with E-state index in [1.165, 1.54) is 11.1 Å². The molecule has 0 amide bonds. The van der Waals surface area contributed by atoms with Gasteiger partial charge in [-0.2, -0.15) is 0 Å². The molecule has 1 aliphatic rings. The molecule has 100 valence electrons. The Morgan fingerprint density at radius 3 is 2.83 bits per heavy atom. The van der Waals surface area contributed by atoms with Crippen LogP contribution in [0.2, 0.25) is 0 Å². The average Bonchev–Trinajstić information content (AvgIpc) is 2.73. The Kier molecular flexibility index (Phi) is 4.14. The SMILES string of the molecule is Nc1c(C(=O)OC2CCCCC2)nnn1CCO. The molecule has 0 atom stereocenters. The van der Waals surface area contributed by atoms with Gasteiger partial charge in [-0.15, -0.1) is 5.10 Å². The highest BCUT2D eigenvalue weighted by molar-refractivity contribution is 5.91. The van der Waals surface area contributed by atoms with Crippen LogP contribution in [0.5, 0.6) is 0 Å². The van der Waals surface area contributed by atoms with E-state index in [0.29, 0.717) is 0 Å². The first-order valence-corrected chi connectivity index (χ1v) is 6.23. The van der Waals surface area contributed by atoms with E-state index in [2.05, 4.69) is 10.3 Å². The summed E-state index contributed by atoms with van der Waals surface area (Å²) in [5, 5.41) is 16.2. The number of esters is 1. The fourth-order valence-electron chi connectivity index (χ4n) is 2.12. The molecule has 3 N–H and O–H groups in total. The van der Waals surface area contributed by atoms with Gasteiger partial charge in [-0.3, -0.25) is 0 Å². The Hall–Kier alpha value is -1.63. The van der Waals surface area contributed by atoms with Crippen molar-refractivity contribution in [3.05, 3.63) is 5.69 Å². The van der Waals surface area contributed by atoms with Gasteiger partial charge >= 0.3 is 5.97 Å². The van der Waals surface area contributed by atoms with Crippen LogP contribution >= 0.6 is 0 Å². The lowest BCUT2D eigenvalue weighted by atomic mass is 9.98. The minimum Gasteiger partial charge on any atom is -0.458 e. The molecule has 0 aliphatic heterocycles. The molecule has 1 aliphatic carbocycles. The fraction of sp³-hybridized carbons (Fsp3) is 0.727. The molecule has 1 aromatic heterocycles. The Balaban J connectivity index is 1.99. The number of nitrogen functional groups attached to an aromatic ring is 1. The van der Waals surface area contributed by atoms with Crippen LogP contribution in [0, 0.1) is 0 Å². The van der Waals surface area contributed by atoms with Gasteiger partial charge in [-0.1, -0.05) is 11.6 Å². The minimum absolute atomic E-state index is 0.0337. The van der Waals surface area contributed by atoms with E-state index in [9.17, 15) is 4.79 Å². The highest BCUT2D eigenvalue weighted by Gasteiger charge is 2.23. The number of carbonyl (C=O) groups excluding carboxylic acids is 1. The highest BCUT2D eigenvalue weighted by Crippen LogP contribution is 2.22. The fourth-order valence-corrected chi connectivity index (χ4v) is 2.12. The number of rotatable bonds is 4. The monoisotopic (exact) mass is 254 g/mol. The number of hydrogen-bond donors (Lipinski definition) is 2. The van der Waals surface area contributed by atoms with E-state index in [-0.39, 0.29) is 30.8 Å². The summed E-state index contributed by atoms with van der Waals surface area (Å²) in [6.45, 7) is 0.111. The van der Waals surface area contributed by atoms with Crippen molar-refractivity contribution in [2.75, 3.05) is 12.3 Å². The van der Waals surface area contributed by atoms with Crippen LogP contribution < -0.4 is 5.73 Å². The normalized spacial score (nSPS) is 16.7. The zero-order valence-corrected chi connectivity index (χ0v) is 10.2. The molecule has 1 aromatic rings. The average molecular weight is 254 g/mol. The molecule has 7 heteroatoms. The summed E-state index contributed by atoms with van der Waals surface area (Å²) >= 11 is 0. The third-order valence-electron chi connectivity index (χ3n) is 3.10. The maximum absolute atomic E-state index is 11.9. The smallest absolute Gasteiger partial charge is 0.363 e. The third kappa shape index (κ3) is 2.79. The van der Waals surface area contributed by atoms with E-state index < -0.39 is 5.97 Å². The minimum atomic E-state index is -0.524. The van der Waals surface area contributed by atoms with Gasteiger partial charge in [0.05, 0.1) is 13.2 Å². The lowest BCUT2D eigenvalue weighted by Crippen LogP contribution is -2.22. The molecule has 7 nitrogen and oxygen atoms in total. The number of aliphatic hydroxyl groups is 1. The van der Waals surface area contributed by atoms with E-state index in [0.717, 1.165) is 25.7 Å². The zero-order valence-electron chi connectivity index (χ0n) is 10.2. The van der Waals surface area contributed by atoms with Crippen LogP contribution in [0.3, 0.4) is 0 Å². The first kappa shape index (κ1) is 12.8. The summed E-state index contributed by atoms with van der Waals surface area (Å²) < 4.78 is 6.64. The second kappa shape index (κ2) is 5.81. The molecular formula is C11H18N4O3. The number of nitrogens with zero attached hydrogens (tertiary/aromatic N) is 3. The summed E-state index contributed by atoms with van der Waals surface area (Å²) in [5.41, 5.74) is 5.76. The largest absolute Gasteiger partial charge is 0.458 e. The van der Waals surface area contributed by atoms with E-state index in [4.69, 9.17) is 15.6 Å². The van der Waals surface area contributed by atoms with Crippen molar-refractivity contribution < 1.29 is 14.6 Å². The Morgan fingerprint density at radius 2 is 2.17 bits per heavy atom. The molecule has 0 aromatic carbocycles. The van der Waals surface area contributed by atoms with Crippen LogP contribution in [0.4, 0.5) is 5.82 Å².